The molecule has 18 heavy (non-hydrogen) atoms. The largest absolute Gasteiger partial charge is 0.374 e. The standard InChI is InChI=1S/C15H23NO2/c1-3-16(4-2)10-14-15(18-14)12-17-11-13-8-6-5-7-9-13/h5-9,14-15H,3-4,10-12H2,1-2H3/t14-,15+/m1/s1. The fourth-order valence-corrected chi connectivity index (χ4v) is 2.09. The molecule has 1 aliphatic heterocycles. The summed E-state index contributed by atoms with van der Waals surface area (Å²) in [5.41, 5.74) is 1.22. The fourth-order valence-electron chi connectivity index (χ4n) is 2.09. The molecule has 0 bridgehead atoms. The molecule has 2 rings (SSSR count). The summed E-state index contributed by atoms with van der Waals surface area (Å²) in [4.78, 5) is 2.39. The van der Waals surface area contributed by atoms with Crippen molar-refractivity contribution in [3.63, 3.8) is 0 Å². The molecule has 1 saturated heterocycles. The van der Waals surface area contributed by atoms with Crippen molar-refractivity contribution in [3.05, 3.63) is 35.9 Å². The van der Waals surface area contributed by atoms with Gasteiger partial charge < -0.3 is 14.4 Å². The van der Waals surface area contributed by atoms with Gasteiger partial charge in [-0.2, -0.15) is 0 Å². The number of rotatable bonds is 8. The Morgan fingerprint density at radius 3 is 2.50 bits per heavy atom. The maximum absolute atomic E-state index is 5.68. The molecular formula is C15H23NO2. The van der Waals surface area contributed by atoms with Crippen molar-refractivity contribution in [2.24, 2.45) is 0 Å². The number of benzene rings is 1. The summed E-state index contributed by atoms with van der Waals surface area (Å²) in [6.07, 6.45) is 0.676. The molecule has 3 nitrogen and oxygen atoms in total. The van der Waals surface area contributed by atoms with E-state index in [0.717, 1.165) is 19.6 Å². The maximum Gasteiger partial charge on any atom is 0.109 e. The SMILES string of the molecule is CCN(CC)C[C@H]1O[C@H]1COCc1ccccc1. The molecule has 1 aromatic rings. The van der Waals surface area contributed by atoms with Crippen LogP contribution in [0.1, 0.15) is 19.4 Å². The van der Waals surface area contributed by atoms with E-state index in [2.05, 4.69) is 30.9 Å². The molecule has 0 amide bonds. The van der Waals surface area contributed by atoms with Gasteiger partial charge in [0.25, 0.3) is 0 Å². The first-order chi connectivity index (χ1) is 8.83. The summed E-state index contributed by atoms with van der Waals surface area (Å²) in [6, 6.07) is 10.3. The summed E-state index contributed by atoms with van der Waals surface area (Å²) < 4.78 is 11.3. The van der Waals surface area contributed by atoms with Crippen LogP contribution in [-0.2, 0) is 16.1 Å². The molecule has 1 aliphatic rings. The summed E-state index contributed by atoms with van der Waals surface area (Å²) in [6.45, 7) is 8.98. The lowest BCUT2D eigenvalue weighted by atomic mass is 10.2. The highest BCUT2D eigenvalue weighted by atomic mass is 16.6. The van der Waals surface area contributed by atoms with Crippen LogP contribution in [0.2, 0.25) is 0 Å². The number of nitrogens with zero attached hydrogens (tertiary/aromatic N) is 1. The Hall–Kier alpha value is -0.900. The molecule has 100 valence electrons. The van der Waals surface area contributed by atoms with Crippen molar-refractivity contribution in [2.45, 2.75) is 32.7 Å². The molecular weight excluding hydrogens is 226 g/mol. The monoisotopic (exact) mass is 249 g/mol. The number of hydrogen-bond donors (Lipinski definition) is 0. The molecule has 1 fully saturated rings. The van der Waals surface area contributed by atoms with Gasteiger partial charge in [0.05, 0.1) is 19.3 Å². The van der Waals surface area contributed by atoms with E-state index in [0.29, 0.717) is 25.4 Å². The molecule has 0 saturated carbocycles. The number of likely N-dealkylation sites (N-methyl/N-ethyl adjacent to an activating group) is 1. The molecule has 0 N–H and O–H groups in total. The minimum Gasteiger partial charge on any atom is -0.374 e. The summed E-state index contributed by atoms with van der Waals surface area (Å²) in [5.74, 6) is 0. The zero-order valence-electron chi connectivity index (χ0n) is 11.3. The first kappa shape index (κ1) is 13.5. The third kappa shape index (κ3) is 4.09. The van der Waals surface area contributed by atoms with Crippen LogP contribution in [0.15, 0.2) is 30.3 Å². The van der Waals surface area contributed by atoms with Gasteiger partial charge in [0.15, 0.2) is 0 Å². The second-order valence-corrected chi connectivity index (χ2v) is 4.70. The van der Waals surface area contributed by atoms with E-state index in [4.69, 9.17) is 9.47 Å². The minimum absolute atomic E-state index is 0.300. The summed E-state index contributed by atoms with van der Waals surface area (Å²) >= 11 is 0. The normalized spacial score (nSPS) is 22.4. The van der Waals surface area contributed by atoms with E-state index in [-0.39, 0.29) is 0 Å². The zero-order chi connectivity index (χ0) is 12.8. The van der Waals surface area contributed by atoms with Crippen LogP contribution in [0.5, 0.6) is 0 Å². The van der Waals surface area contributed by atoms with E-state index in [9.17, 15) is 0 Å². The second-order valence-electron chi connectivity index (χ2n) is 4.70. The van der Waals surface area contributed by atoms with Crippen LogP contribution in [0.4, 0.5) is 0 Å². The lowest BCUT2D eigenvalue weighted by Crippen LogP contribution is -2.28. The smallest absolute Gasteiger partial charge is 0.109 e. The van der Waals surface area contributed by atoms with Crippen LogP contribution in [0.3, 0.4) is 0 Å². The van der Waals surface area contributed by atoms with Crippen LogP contribution in [0, 0.1) is 0 Å². The Morgan fingerprint density at radius 1 is 1.11 bits per heavy atom. The highest BCUT2D eigenvalue weighted by Crippen LogP contribution is 2.23. The maximum atomic E-state index is 5.68. The van der Waals surface area contributed by atoms with Gasteiger partial charge in [-0.25, -0.2) is 0 Å². The van der Waals surface area contributed by atoms with E-state index >= 15 is 0 Å². The van der Waals surface area contributed by atoms with Crippen LogP contribution >= 0.6 is 0 Å². The predicted molar refractivity (Wildman–Crippen MR) is 72.5 cm³/mol. The Balaban J connectivity index is 1.59. The summed E-state index contributed by atoms with van der Waals surface area (Å²) in [5, 5.41) is 0. The van der Waals surface area contributed by atoms with Gasteiger partial charge in [-0.05, 0) is 18.7 Å². The van der Waals surface area contributed by atoms with Crippen molar-refractivity contribution in [1.82, 2.24) is 4.90 Å². The van der Waals surface area contributed by atoms with Gasteiger partial charge in [0, 0.05) is 6.54 Å². The first-order valence-corrected chi connectivity index (χ1v) is 6.83. The van der Waals surface area contributed by atoms with Gasteiger partial charge in [0.1, 0.15) is 6.10 Å². The fraction of sp³-hybridized carbons (Fsp3) is 0.600. The predicted octanol–water partition coefficient (Wildman–Crippen LogP) is 2.31. The van der Waals surface area contributed by atoms with E-state index in [1.807, 2.05) is 18.2 Å². The molecule has 2 atom stereocenters. The molecule has 0 aliphatic carbocycles. The molecule has 0 unspecified atom stereocenters. The second kappa shape index (κ2) is 6.88. The van der Waals surface area contributed by atoms with Crippen molar-refractivity contribution in [2.75, 3.05) is 26.2 Å². The van der Waals surface area contributed by atoms with E-state index in [1.54, 1.807) is 0 Å². The van der Waals surface area contributed by atoms with Gasteiger partial charge in [-0.3, -0.25) is 0 Å². The van der Waals surface area contributed by atoms with Crippen LogP contribution in [0.25, 0.3) is 0 Å². The van der Waals surface area contributed by atoms with Crippen molar-refractivity contribution in [3.8, 4) is 0 Å². The van der Waals surface area contributed by atoms with Gasteiger partial charge >= 0.3 is 0 Å². The van der Waals surface area contributed by atoms with Crippen LogP contribution < -0.4 is 0 Å². The zero-order valence-corrected chi connectivity index (χ0v) is 11.3. The van der Waals surface area contributed by atoms with E-state index < -0.39 is 0 Å². The third-order valence-corrected chi connectivity index (χ3v) is 3.41. The minimum atomic E-state index is 0.300. The molecule has 1 heterocycles. The van der Waals surface area contributed by atoms with Crippen LogP contribution in [-0.4, -0.2) is 43.3 Å². The number of hydrogen-bond acceptors (Lipinski definition) is 3. The summed E-state index contributed by atoms with van der Waals surface area (Å²) in [7, 11) is 0. The van der Waals surface area contributed by atoms with Crippen molar-refractivity contribution < 1.29 is 9.47 Å². The Kier molecular flexibility index (Phi) is 5.17. The molecule has 0 radical (unpaired) electrons. The van der Waals surface area contributed by atoms with Gasteiger partial charge in [0.2, 0.25) is 0 Å². The topological polar surface area (TPSA) is 25.0 Å². The Bertz CT molecular complexity index is 338. The molecule has 0 aromatic heterocycles. The van der Waals surface area contributed by atoms with E-state index in [1.165, 1.54) is 5.56 Å². The highest BCUT2D eigenvalue weighted by molar-refractivity contribution is 5.13. The first-order valence-electron chi connectivity index (χ1n) is 6.83. The lowest BCUT2D eigenvalue weighted by molar-refractivity contribution is 0.104. The third-order valence-electron chi connectivity index (χ3n) is 3.41. The Labute approximate surface area is 110 Å². The molecule has 3 heteroatoms. The average Bonchev–Trinajstić information content (AvgIpc) is 3.15. The molecule has 0 spiro atoms. The van der Waals surface area contributed by atoms with Gasteiger partial charge in [-0.1, -0.05) is 44.2 Å². The van der Waals surface area contributed by atoms with Crippen molar-refractivity contribution >= 4 is 0 Å². The number of ether oxygens (including phenoxy) is 2. The quantitative estimate of drug-likeness (QED) is 0.661. The lowest BCUT2D eigenvalue weighted by Gasteiger charge is -2.15. The number of epoxide rings is 1. The average molecular weight is 249 g/mol. The van der Waals surface area contributed by atoms with Crippen molar-refractivity contribution in [1.29, 1.82) is 0 Å². The Morgan fingerprint density at radius 2 is 1.83 bits per heavy atom. The van der Waals surface area contributed by atoms with Gasteiger partial charge in [-0.15, -0.1) is 0 Å². The molecule has 1 aromatic carbocycles. The highest BCUT2D eigenvalue weighted by Gasteiger charge is 2.39.